The molecule has 5 heteroatoms. The topological polar surface area (TPSA) is 73.9 Å². The number of nitrogens with one attached hydrogen (secondary N) is 2. The fraction of sp³-hybridized carbons (Fsp3) is 0.417. The normalized spacial score (nSPS) is 16.5. The number of piperidine rings is 1. The van der Waals surface area contributed by atoms with Crippen molar-refractivity contribution in [1.29, 1.82) is 5.26 Å². The lowest BCUT2D eigenvalue weighted by Gasteiger charge is -2.25. The highest BCUT2D eigenvalue weighted by Gasteiger charge is 2.15. The zero-order chi connectivity index (χ0) is 12.3. The Morgan fingerprint density at radius 1 is 1.41 bits per heavy atom. The van der Waals surface area contributed by atoms with Gasteiger partial charge in [0.25, 0.3) is 0 Å². The molecule has 0 radical (unpaired) electrons. The van der Waals surface area contributed by atoms with Gasteiger partial charge in [0, 0.05) is 6.04 Å². The average Bonchev–Trinajstić information content (AvgIpc) is 2.35. The van der Waals surface area contributed by atoms with Crippen LogP contribution in [0, 0.1) is 11.3 Å². The Bertz CT molecular complexity index is 447. The molecular weight excluding hydrogens is 236 g/mol. The molecule has 0 atom stereocenters. The van der Waals surface area contributed by atoms with Crippen LogP contribution in [0.4, 0.5) is 11.4 Å². The number of benzene rings is 1. The van der Waals surface area contributed by atoms with E-state index in [1.807, 2.05) is 0 Å². The smallest absolute Gasteiger partial charge is 0.101 e. The molecule has 2 rings (SSSR count). The summed E-state index contributed by atoms with van der Waals surface area (Å²) in [4.78, 5) is 0. The fourth-order valence-electron chi connectivity index (χ4n) is 1.99. The Morgan fingerprint density at radius 3 is 2.76 bits per heavy atom. The van der Waals surface area contributed by atoms with Crippen molar-refractivity contribution in [2.45, 2.75) is 18.9 Å². The third-order valence-corrected chi connectivity index (χ3v) is 3.28. The van der Waals surface area contributed by atoms with Crippen LogP contribution in [0.15, 0.2) is 12.1 Å². The average molecular weight is 251 g/mol. The number of hydrogen-bond acceptors (Lipinski definition) is 4. The molecule has 0 unspecified atom stereocenters. The summed E-state index contributed by atoms with van der Waals surface area (Å²) in [6, 6.07) is 5.88. The highest BCUT2D eigenvalue weighted by atomic mass is 35.5. The number of rotatable bonds is 2. The first-order chi connectivity index (χ1) is 8.20. The fourth-order valence-corrected chi connectivity index (χ4v) is 2.15. The van der Waals surface area contributed by atoms with E-state index in [9.17, 15) is 0 Å². The van der Waals surface area contributed by atoms with Crippen molar-refractivity contribution in [1.82, 2.24) is 5.32 Å². The molecule has 1 aliphatic heterocycles. The number of halogens is 1. The van der Waals surface area contributed by atoms with E-state index in [2.05, 4.69) is 16.7 Å². The Hall–Kier alpha value is -1.44. The molecule has 4 nitrogen and oxygen atoms in total. The van der Waals surface area contributed by atoms with E-state index in [1.54, 1.807) is 12.1 Å². The van der Waals surface area contributed by atoms with Crippen LogP contribution >= 0.6 is 11.6 Å². The molecule has 0 saturated carbocycles. The summed E-state index contributed by atoms with van der Waals surface area (Å²) >= 11 is 5.97. The summed E-state index contributed by atoms with van der Waals surface area (Å²) in [6.07, 6.45) is 2.10. The lowest BCUT2D eigenvalue weighted by atomic mass is 10.1. The lowest BCUT2D eigenvalue weighted by Crippen LogP contribution is -2.35. The molecule has 1 saturated heterocycles. The molecule has 1 aromatic carbocycles. The summed E-state index contributed by atoms with van der Waals surface area (Å²) in [5.41, 5.74) is 7.44. The van der Waals surface area contributed by atoms with E-state index in [-0.39, 0.29) is 0 Å². The van der Waals surface area contributed by atoms with Crippen molar-refractivity contribution in [3.8, 4) is 6.07 Å². The molecule has 17 heavy (non-hydrogen) atoms. The quantitative estimate of drug-likeness (QED) is 0.702. The van der Waals surface area contributed by atoms with Gasteiger partial charge in [-0.1, -0.05) is 11.6 Å². The maximum atomic E-state index is 9.06. The largest absolute Gasteiger partial charge is 0.397 e. The van der Waals surface area contributed by atoms with Gasteiger partial charge in [-0.05, 0) is 38.1 Å². The minimum Gasteiger partial charge on any atom is -0.397 e. The van der Waals surface area contributed by atoms with Crippen LogP contribution in [-0.4, -0.2) is 19.1 Å². The van der Waals surface area contributed by atoms with Crippen LogP contribution in [0.3, 0.4) is 0 Å². The molecule has 0 amide bonds. The van der Waals surface area contributed by atoms with Gasteiger partial charge < -0.3 is 16.4 Å². The molecule has 1 fully saturated rings. The SMILES string of the molecule is N#Cc1cc(N)c(Cl)cc1NC1CCNCC1. The molecular formula is C12H15ClN4. The summed E-state index contributed by atoms with van der Waals surface area (Å²) in [6.45, 7) is 2.00. The predicted octanol–water partition coefficient (Wildman–Crippen LogP) is 1.96. The molecule has 1 aliphatic rings. The second-order valence-electron chi connectivity index (χ2n) is 4.20. The van der Waals surface area contributed by atoms with Crippen molar-refractivity contribution in [3.05, 3.63) is 22.7 Å². The third kappa shape index (κ3) is 2.82. The molecule has 0 bridgehead atoms. The van der Waals surface area contributed by atoms with Gasteiger partial charge in [0.2, 0.25) is 0 Å². The van der Waals surface area contributed by atoms with Gasteiger partial charge in [0.15, 0.2) is 0 Å². The van der Waals surface area contributed by atoms with Crippen LogP contribution in [0.25, 0.3) is 0 Å². The van der Waals surface area contributed by atoms with Gasteiger partial charge in [-0.3, -0.25) is 0 Å². The first-order valence-electron chi connectivity index (χ1n) is 5.67. The first-order valence-corrected chi connectivity index (χ1v) is 6.05. The summed E-state index contributed by atoms with van der Waals surface area (Å²) < 4.78 is 0. The molecule has 0 aliphatic carbocycles. The summed E-state index contributed by atoms with van der Waals surface area (Å²) in [5, 5.41) is 16.2. The van der Waals surface area contributed by atoms with Crippen molar-refractivity contribution >= 4 is 23.0 Å². The van der Waals surface area contributed by atoms with E-state index in [1.165, 1.54) is 0 Å². The molecule has 90 valence electrons. The standard InChI is InChI=1S/C12H15ClN4/c13-10-6-12(8(7-14)5-11(10)15)17-9-1-3-16-4-2-9/h5-6,9,16-17H,1-4,15H2. The highest BCUT2D eigenvalue weighted by Crippen LogP contribution is 2.28. The number of anilines is 2. The maximum Gasteiger partial charge on any atom is 0.101 e. The lowest BCUT2D eigenvalue weighted by molar-refractivity contribution is 0.479. The molecule has 1 aromatic rings. The van der Waals surface area contributed by atoms with Gasteiger partial charge in [0.1, 0.15) is 6.07 Å². The van der Waals surface area contributed by atoms with Crippen LogP contribution < -0.4 is 16.4 Å². The highest BCUT2D eigenvalue weighted by molar-refractivity contribution is 6.33. The Balaban J connectivity index is 2.19. The number of nitrogens with zero attached hydrogens (tertiary/aromatic N) is 1. The molecule has 0 spiro atoms. The molecule has 1 heterocycles. The van der Waals surface area contributed by atoms with Crippen molar-refractivity contribution < 1.29 is 0 Å². The van der Waals surface area contributed by atoms with Crippen molar-refractivity contribution in [2.75, 3.05) is 24.1 Å². The summed E-state index contributed by atoms with van der Waals surface area (Å²) in [7, 11) is 0. The first kappa shape index (κ1) is 12.0. The van der Waals surface area contributed by atoms with Gasteiger partial charge in [0.05, 0.1) is 22.0 Å². The van der Waals surface area contributed by atoms with Gasteiger partial charge in [-0.15, -0.1) is 0 Å². The zero-order valence-electron chi connectivity index (χ0n) is 9.46. The monoisotopic (exact) mass is 250 g/mol. The van der Waals surface area contributed by atoms with Gasteiger partial charge >= 0.3 is 0 Å². The van der Waals surface area contributed by atoms with Crippen LogP contribution in [-0.2, 0) is 0 Å². The van der Waals surface area contributed by atoms with Crippen molar-refractivity contribution in [3.63, 3.8) is 0 Å². The minimum absolute atomic E-state index is 0.392. The number of hydrogen-bond donors (Lipinski definition) is 3. The van der Waals surface area contributed by atoms with E-state index < -0.39 is 0 Å². The van der Waals surface area contributed by atoms with E-state index >= 15 is 0 Å². The Kier molecular flexibility index (Phi) is 3.72. The molecule has 4 N–H and O–H groups in total. The number of nitrogen functional groups attached to an aromatic ring is 1. The molecule has 0 aromatic heterocycles. The van der Waals surface area contributed by atoms with Gasteiger partial charge in [-0.2, -0.15) is 5.26 Å². The van der Waals surface area contributed by atoms with E-state index in [0.29, 0.717) is 22.3 Å². The second kappa shape index (κ2) is 5.26. The predicted molar refractivity (Wildman–Crippen MR) is 70.1 cm³/mol. The Labute approximate surface area is 106 Å². The summed E-state index contributed by atoms with van der Waals surface area (Å²) in [5.74, 6) is 0. The van der Waals surface area contributed by atoms with Crippen LogP contribution in [0.1, 0.15) is 18.4 Å². The van der Waals surface area contributed by atoms with E-state index in [4.69, 9.17) is 22.6 Å². The van der Waals surface area contributed by atoms with Crippen LogP contribution in [0.5, 0.6) is 0 Å². The minimum atomic E-state index is 0.392. The van der Waals surface area contributed by atoms with Gasteiger partial charge in [-0.25, -0.2) is 0 Å². The number of nitrogens with two attached hydrogens (primary N) is 1. The van der Waals surface area contributed by atoms with E-state index in [0.717, 1.165) is 31.6 Å². The number of nitriles is 1. The Morgan fingerprint density at radius 2 is 2.12 bits per heavy atom. The second-order valence-corrected chi connectivity index (χ2v) is 4.61. The van der Waals surface area contributed by atoms with Crippen molar-refractivity contribution in [2.24, 2.45) is 0 Å². The third-order valence-electron chi connectivity index (χ3n) is 2.96. The maximum absolute atomic E-state index is 9.06. The zero-order valence-corrected chi connectivity index (χ0v) is 10.2. The van der Waals surface area contributed by atoms with Crippen LogP contribution in [0.2, 0.25) is 5.02 Å².